The van der Waals surface area contributed by atoms with Crippen LogP contribution >= 0.6 is 11.8 Å². The van der Waals surface area contributed by atoms with Gasteiger partial charge >= 0.3 is 0 Å². The summed E-state index contributed by atoms with van der Waals surface area (Å²) in [5.41, 5.74) is 0.841. The fourth-order valence-electron chi connectivity index (χ4n) is 3.36. The third-order valence-electron chi connectivity index (χ3n) is 4.60. The van der Waals surface area contributed by atoms with E-state index in [0.29, 0.717) is 18.0 Å². The number of thioether (sulfide) groups is 1. The van der Waals surface area contributed by atoms with Crippen molar-refractivity contribution < 1.29 is 9.59 Å². The summed E-state index contributed by atoms with van der Waals surface area (Å²) in [5.74, 6) is 1.09. The highest BCUT2D eigenvalue weighted by atomic mass is 32.2. The summed E-state index contributed by atoms with van der Waals surface area (Å²) in [6, 6.07) is 11.1. The van der Waals surface area contributed by atoms with Gasteiger partial charge in [0, 0.05) is 17.6 Å². The van der Waals surface area contributed by atoms with Crippen molar-refractivity contribution >= 4 is 40.3 Å². The summed E-state index contributed by atoms with van der Waals surface area (Å²) >= 11 is 1.69. The smallest absolute Gasteiger partial charge is 0.249 e. The van der Waals surface area contributed by atoms with Crippen LogP contribution in [0.5, 0.6) is 0 Å². The number of nitrogens with one attached hydrogen (secondary N) is 1. The maximum Gasteiger partial charge on any atom is 0.249 e. The molecule has 3 heterocycles. The Hall–Kier alpha value is -2.08. The molecule has 1 aromatic carbocycles. The second-order valence-corrected chi connectivity index (χ2v) is 7.65. The average Bonchev–Trinajstić information content (AvgIpc) is 3.04. The summed E-state index contributed by atoms with van der Waals surface area (Å²) in [6.07, 6.45) is 1.34. The SMILES string of the molecule is C[C@@]12CCC(=O)N1[C@@H](C(=O)Nc1ccc3ccccc3n1)CS2. The molecule has 2 saturated heterocycles. The number of pyridine rings is 1. The van der Waals surface area contributed by atoms with Gasteiger partial charge in [0.25, 0.3) is 0 Å². The maximum atomic E-state index is 12.6. The fraction of sp³-hybridized carbons (Fsp3) is 0.353. The number of hydrogen-bond acceptors (Lipinski definition) is 4. The highest BCUT2D eigenvalue weighted by molar-refractivity contribution is 8.01. The lowest BCUT2D eigenvalue weighted by Gasteiger charge is -2.29. The van der Waals surface area contributed by atoms with Crippen LogP contribution in [0.4, 0.5) is 5.82 Å². The molecule has 0 spiro atoms. The van der Waals surface area contributed by atoms with Crippen LogP contribution in [-0.2, 0) is 9.59 Å². The van der Waals surface area contributed by atoms with Crippen LogP contribution in [0.1, 0.15) is 19.8 Å². The first-order valence-electron chi connectivity index (χ1n) is 7.70. The minimum absolute atomic E-state index is 0.0733. The fourth-order valence-corrected chi connectivity index (χ4v) is 4.79. The van der Waals surface area contributed by atoms with Crippen LogP contribution < -0.4 is 5.32 Å². The number of anilines is 1. The van der Waals surface area contributed by atoms with E-state index in [0.717, 1.165) is 17.3 Å². The van der Waals surface area contributed by atoms with E-state index in [1.807, 2.05) is 37.3 Å². The van der Waals surface area contributed by atoms with Crippen molar-refractivity contribution in [3.63, 3.8) is 0 Å². The predicted octanol–water partition coefficient (Wildman–Crippen LogP) is 2.63. The molecular formula is C17H17N3O2S. The van der Waals surface area contributed by atoms with Crippen LogP contribution in [0.3, 0.4) is 0 Å². The maximum absolute atomic E-state index is 12.6. The molecule has 0 unspecified atom stereocenters. The molecule has 0 radical (unpaired) electrons. The molecule has 6 heteroatoms. The zero-order valence-corrected chi connectivity index (χ0v) is 13.6. The Morgan fingerprint density at radius 2 is 2.17 bits per heavy atom. The molecule has 118 valence electrons. The van der Waals surface area contributed by atoms with Gasteiger partial charge in [-0.2, -0.15) is 0 Å². The van der Waals surface area contributed by atoms with Crippen molar-refractivity contribution in [2.45, 2.75) is 30.7 Å². The molecule has 23 heavy (non-hydrogen) atoms. The number of benzene rings is 1. The predicted molar refractivity (Wildman–Crippen MR) is 91.1 cm³/mol. The topological polar surface area (TPSA) is 62.3 Å². The van der Waals surface area contributed by atoms with Crippen molar-refractivity contribution in [3.05, 3.63) is 36.4 Å². The molecule has 2 aromatic rings. The Labute approximate surface area is 138 Å². The zero-order valence-electron chi connectivity index (χ0n) is 12.8. The largest absolute Gasteiger partial charge is 0.315 e. The Morgan fingerprint density at radius 3 is 3.04 bits per heavy atom. The van der Waals surface area contributed by atoms with Crippen LogP contribution in [0.25, 0.3) is 10.9 Å². The molecule has 5 nitrogen and oxygen atoms in total. The molecule has 1 aromatic heterocycles. The van der Waals surface area contributed by atoms with Gasteiger partial charge in [0.15, 0.2) is 0 Å². The summed E-state index contributed by atoms with van der Waals surface area (Å²) in [5, 5.41) is 3.90. The Morgan fingerprint density at radius 1 is 1.35 bits per heavy atom. The van der Waals surface area contributed by atoms with Gasteiger partial charge in [-0.25, -0.2) is 4.98 Å². The molecule has 2 fully saturated rings. The highest BCUT2D eigenvalue weighted by Gasteiger charge is 2.52. The first-order valence-corrected chi connectivity index (χ1v) is 8.68. The number of amides is 2. The van der Waals surface area contributed by atoms with Crippen LogP contribution in [0, 0.1) is 0 Å². The van der Waals surface area contributed by atoms with Crippen molar-refractivity contribution in [1.82, 2.24) is 9.88 Å². The molecule has 0 saturated carbocycles. The Kier molecular flexibility index (Phi) is 3.30. The van der Waals surface area contributed by atoms with E-state index in [1.165, 1.54) is 0 Å². The van der Waals surface area contributed by atoms with Gasteiger partial charge < -0.3 is 10.2 Å². The summed E-state index contributed by atoms with van der Waals surface area (Å²) in [7, 11) is 0. The third-order valence-corrected chi connectivity index (χ3v) is 6.10. The van der Waals surface area contributed by atoms with E-state index in [-0.39, 0.29) is 16.7 Å². The number of aromatic nitrogens is 1. The van der Waals surface area contributed by atoms with Gasteiger partial charge in [0.1, 0.15) is 11.9 Å². The zero-order chi connectivity index (χ0) is 16.0. The number of nitrogens with zero attached hydrogens (tertiary/aromatic N) is 2. The Balaban J connectivity index is 1.56. The first-order chi connectivity index (χ1) is 11.1. The van der Waals surface area contributed by atoms with Gasteiger partial charge in [0.05, 0.1) is 10.4 Å². The van der Waals surface area contributed by atoms with Crippen LogP contribution in [0.2, 0.25) is 0 Å². The molecule has 4 rings (SSSR count). The minimum atomic E-state index is -0.409. The quantitative estimate of drug-likeness (QED) is 0.921. The monoisotopic (exact) mass is 327 g/mol. The van der Waals surface area contributed by atoms with Gasteiger partial charge in [0.2, 0.25) is 11.8 Å². The number of carbonyl (C=O) groups excluding carboxylic acids is 2. The van der Waals surface area contributed by atoms with E-state index in [2.05, 4.69) is 10.3 Å². The van der Waals surface area contributed by atoms with E-state index >= 15 is 0 Å². The molecule has 2 aliphatic rings. The van der Waals surface area contributed by atoms with E-state index in [4.69, 9.17) is 0 Å². The number of fused-ring (bicyclic) bond motifs is 2. The Bertz CT molecular complexity index is 809. The molecule has 2 amide bonds. The molecular weight excluding hydrogens is 310 g/mol. The van der Waals surface area contributed by atoms with Crippen LogP contribution in [-0.4, -0.2) is 38.4 Å². The standard InChI is InChI=1S/C17H17N3O2S/c1-17-9-8-15(21)20(17)13(10-23-17)16(22)19-14-7-6-11-4-2-3-5-12(11)18-14/h2-7,13H,8-10H2,1H3,(H,18,19,22)/t13-,17-/m1/s1. The lowest BCUT2D eigenvalue weighted by Crippen LogP contribution is -2.48. The number of carbonyl (C=O) groups is 2. The van der Waals surface area contributed by atoms with Crippen molar-refractivity contribution in [1.29, 1.82) is 0 Å². The lowest BCUT2D eigenvalue weighted by atomic mass is 10.2. The lowest BCUT2D eigenvalue weighted by molar-refractivity contribution is -0.135. The van der Waals surface area contributed by atoms with E-state index < -0.39 is 6.04 Å². The second kappa shape index (κ2) is 5.23. The van der Waals surface area contributed by atoms with Gasteiger partial charge in [-0.15, -0.1) is 11.8 Å². The summed E-state index contributed by atoms with van der Waals surface area (Å²) < 4.78 is 0. The highest BCUT2D eigenvalue weighted by Crippen LogP contribution is 2.47. The van der Waals surface area contributed by atoms with Gasteiger partial charge in [-0.3, -0.25) is 9.59 Å². The molecule has 0 aliphatic carbocycles. The van der Waals surface area contributed by atoms with Gasteiger partial charge in [-0.1, -0.05) is 18.2 Å². The van der Waals surface area contributed by atoms with Crippen molar-refractivity contribution in [2.75, 3.05) is 11.1 Å². The molecule has 0 bridgehead atoms. The number of rotatable bonds is 2. The van der Waals surface area contributed by atoms with Gasteiger partial charge in [-0.05, 0) is 31.5 Å². The number of hydrogen-bond donors (Lipinski definition) is 1. The minimum Gasteiger partial charge on any atom is -0.315 e. The summed E-state index contributed by atoms with van der Waals surface area (Å²) in [4.78, 5) is 30.7. The van der Waals surface area contributed by atoms with Crippen molar-refractivity contribution in [3.8, 4) is 0 Å². The van der Waals surface area contributed by atoms with Crippen LogP contribution in [0.15, 0.2) is 36.4 Å². The number of para-hydroxylation sites is 1. The third kappa shape index (κ3) is 2.37. The first kappa shape index (κ1) is 14.5. The molecule has 1 N–H and O–H groups in total. The van der Waals surface area contributed by atoms with Crippen molar-refractivity contribution in [2.24, 2.45) is 0 Å². The van der Waals surface area contributed by atoms with E-state index in [9.17, 15) is 9.59 Å². The second-order valence-electron chi connectivity index (χ2n) is 6.14. The normalized spacial score (nSPS) is 26.6. The molecule has 2 atom stereocenters. The average molecular weight is 327 g/mol. The summed E-state index contributed by atoms with van der Waals surface area (Å²) in [6.45, 7) is 2.05. The van der Waals surface area contributed by atoms with E-state index in [1.54, 1.807) is 22.7 Å². The molecule has 2 aliphatic heterocycles.